The molecule has 0 radical (unpaired) electrons. The van der Waals surface area contributed by atoms with Gasteiger partial charge in [-0.1, -0.05) is 25.6 Å². The van der Waals surface area contributed by atoms with Crippen LogP contribution in [0.25, 0.3) is 0 Å². The van der Waals surface area contributed by atoms with Crippen LogP contribution in [-0.4, -0.2) is 45.3 Å². The fraction of sp³-hybridized carbons (Fsp3) is 0.750. The first kappa shape index (κ1) is 16.0. The van der Waals surface area contributed by atoms with Gasteiger partial charge in [-0.05, 0) is 12.8 Å². The van der Waals surface area contributed by atoms with E-state index in [1.165, 1.54) is 11.8 Å². The van der Waals surface area contributed by atoms with Gasteiger partial charge in [0.2, 0.25) is 0 Å². The molecule has 7 heteroatoms. The molecule has 1 aromatic heterocycles. The van der Waals surface area contributed by atoms with Gasteiger partial charge in [-0.3, -0.25) is 4.79 Å². The van der Waals surface area contributed by atoms with Crippen molar-refractivity contribution in [2.75, 3.05) is 19.5 Å². The Hall–Kier alpha value is -1.08. The van der Waals surface area contributed by atoms with E-state index >= 15 is 0 Å². The van der Waals surface area contributed by atoms with Crippen LogP contribution in [0.3, 0.4) is 0 Å². The number of methoxy groups -OCH3 is 1. The fourth-order valence-electron chi connectivity index (χ4n) is 1.88. The van der Waals surface area contributed by atoms with Gasteiger partial charge in [0, 0.05) is 19.6 Å². The summed E-state index contributed by atoms with van der Waals surface area (Å²) in [5, 5.41) is 17.7. The van der Waals surface area contributed by atoms with Gasteiger partial charge in [-0.25, -0.2) is 0 Å². The van der Waals surface area contributed by atoms with Crippen LogP contribution in [0, 0.1) is 0 Å². The summed E-state index contributed by atoms with van der Waals surface area (Å²) in [6.07, 6.45) is 1.98. The first-order chi connectivity index (χ1) is 9.13. The second-order valence-electron chi connectivity index (χ2n) is 4.18. The molecule has 1 rings (SSSR count). The number of carbonyl (C=O) groups is 1. The topological polar surface area (TPSA) is 77.2 Å². The number of carboxylic acid groups (broad SMARTS) is 1. The van der Waals surface area contributed by atoms with Crippen LogP contribution in [0.5, 0.6) is 0 Å². The molecule has 1 N–H and O–H groups in total. The predicted molar refractivity (Wildman–Crippen MR) is 73.6 cm³/mol. The molecule has 0 spiro atoms. The molecule has 1 heterocycles. The number of nitrogens with zero attached hydrogens (tertiary/aromatic N) is 3. The third-order valence-electron chi connectivity index (χ3n) is 2.94. The summed E-state index contributed by atoms with van der Waals surface area (Å²) < 4.78 is 7.08. The van der Waals surface area contributed by atoms with Gasteiger partial charge in [-0.2, -0.15) is 0 Å². The molecular weight excluding hydrogens is 266 g/mol. The number of hydrogen-bond donors (Lipinski definition) is 1. The highest BCUT2D eigenvalue weighted by Crippen LogP contribution is 2.25. The summed E-state index contributed by atoms with van der Waals surface area (Å²) in [7, 11) is 1.64. The van der Waals surface area contributed by atoms with Crippen molar-refractivity contribution in [1.29, 1.82) is 0 Å². The Bertz CT molecular complexity index is 405. The van der Waals surface area contributed by atoms with Crippen LogP contribution < -0.4 is 0 Å². The maximum Gasteiger partial charge on any atom is 0.313 e. The van der Waals surface area contributed by atoms with Crippen LogP contribution in [0.15, 0.2) is 5.16 Å². The highest BCUT2D eigenvalue weighted by atomic mass is 32.2. The van der Waals surface area contributed by atoms with E-state index in [0.717, 1.165) is 18.7 Å². The van der Waals surface area contributed by atoms with E-state index in [9.17, 15) is 4.79 Å². The number of carboxylic acids is 1. The second-order valence-corrected chi connectivity index (χ2v) is 5.12. The van der Waals surface area contributed by atoms with Gasteiger partial charge >= 0.3 is 5.97 Å². The predicted octanol–water partition coefficient (Wildman–Crippen LogP) is 2.00. The average Bonchev–Trinajstić information content (AvgIpc) is 2.78. The number of aliphatic carboxylic acids is 1. The van der Waals surface area contributed by atoms with Crippen molar-refractivity contribution in [3.63, 3.8) is 0 Å². The molecule has 19 heavy (non-hydrogen) atoms. The van der Waals surface area contributed by atoms with Crippen LogP contribution in [0.2, 0.25) is 0 Å². The molecule has 0 atom stereocenters. The molecule has 0 aliphatic carbocycles. The number of ether oxygens (including phenoxy) is 1. The minimum Gasteiger partial charge on any atom is -0.481 e. The SMILES string of the molecule is CCC(CC)c1nnc(SCC(=O)O)n1CCOC. The van der Waals surface area contributed by atoms with Gasteiger partial charge < -0.3 is 14.4 Å². The summed E-state index contributed by atoms with van der Waals surface area (Å²) in [4.78, 5) is 10.6. The molecule has 6 nitrogen and oxygen atoms in total. The first-order valence-corrected chi connectivity index (χ1v) is 7.39. The molecule has 0 amide bonds. The van der Waals surface area contributed by atoms with Gasteiger partial charge in [-0.15, -0.1) is 10.2 Å². The minimum atomic E-state index is -0.852. The molecule has 0 bridgehead atoms. The minimum absolute atomic E-state index is 0.00592. The van der Waals surface area contributed by atoms with Crippen molar-refractivity contribution in [3.05, 3.63) is 5.82 Å². The van der Waals surface area contributed by atoms with Crippen molar-refractivity contribution in [2.24, 2.45) is 0 Å². The largest absolute Gasteiger partial charge is 0.481 e. The Morgan fingerprint density at radius 3 is 2.63 bits per heavy atom. The highest BCUT2D eigenvalue weighted by molar-refractivity contribution is 7.99. The van der Waals surface area contributed by atoms with Crippen molar-refractivity contribution < 1.29 is 14.6 Å². The van der Waals surface area contributed by atoms with Gasteiger partial charge in [0.25, 0.3) is 0 Å². The molecule has 0 aliphatic heterocycles. The zero-order valence-electron chi connectivity index (χ0n) is 11.6. The third kappa shape index (κ3) is 4.50. The van der Waals surface area contributed by atoms with E-state index in [-0.39, 0.29) is 5.75 Å². The monoisotopic (exact) mass is 287 g/mol. The smallest absolute Gasteiger partial charge is 0.313 e. The van der Waals surface area contributed by atoms with Crippen LogP contribution in [0.4, 0.5) is 0 Å². The molecule has 0 aliphatic rings. The van der Waals surface area contributed by atoms with E-state index in [1.807, 2.05) is 4.57 Å². The molecule has 0 unspecified atom stereocenters. The zero-order chi connectivity index (χ0) is 14.3. The Kier molecular flexibility index (Phi) is 6.86. The lowest BCUT2D eigenvalue weighted by atomic mass is 10.0. The number of thioether (sulfide) groups is 1. The molecule has 0 saturated heterocycles. The Labute approximate surface area is 117 Å². The lowest BCUT2D eigenvalue weighted by molar-refractivity contribution is -0.133. The summed E-state index contributed by atoms with van der Waals surface area (Å²) in [6.45, 7) is 5.45. The standard InChI is InChI=1S/C12H21N3O3S/c1-4-9(5-2)11-13-14-12(19-8-10(16)17)15(11)6-7-18-3/h9H,4-8H2,1-3H3,(H,16,17). The fourth-order valence-corrected chi connectivity index (χ4v) is 2.57. The van der Waals surface area contributed by atoms with Crippen LogP contribution in [0.1, 0.15) is 38.4 Å². The number of hydrogen-bond acceptors (Lipinski definition) is 5. The van der Waals surface area contributed by atoms with E-state index in [2.05, 4.69) is 24.0 Å². The van der Waals surface area contributed by atoms with Crippen molar-refractivity contribution in [2.45, 2.75) is 44.3 Å². The zero-order valence-corrected chi connectivity index (χ0v) is 12.4. The van der Waals surface area contributed by atoms with E-state index in [1.54, 1.807) is 7.11 Å². The van der Waals surface area contributed by atoms with E-state index in [4.69, 9.17) is 9.84 Å². The molecule has 0 fully saturated rings. The summed E-state index contributed by atoms with van der Waals surface area (Å²) in [5.74, 6) is 0.419. The molecule has 0 aromatic carbocycles. The summed E-state index contributed by atoms with van der Waals surface area (Å²) in [6, 6.07) is 0. The first-order valence-electron chi connectivity index (χ1n) is 6.40. The highest BCUT2D eigenvalue weighted by Gasteiger charge is 2.19. The Morgan fingerprint density at radius 2 is 2.11 bits per heavy atom. The molecule has 0 saturated carbocycles. The molecular formula is C12H21N3O3S. The van der Waals surface area contributed by atoms with Gasteiger partial charge in [0.15, 0.2) is 5.16 Å². The lowest BCUT2D eigenvalue weighted by Crippen LogP contribution is -2.13. The normalized spacial score (nSPS) is 11.2. The lowest BCUT2D eigenvalue weighted by Gasteiger charge is -2.14. The van der Waals surface area contributed by atoms with Gasteiger partial charge in [0.05, 0.1) is 12.4 Å². The quantitative estimate of drug-likeness (QED) is 0.700. The summed E-state index contributed by atoms with van der Waals surface area (Å²) in [5.41, 5.74) is 0. The summed E-state index contributed by atoms with van der Waals surface area (Å²) >= 11 is 1.20. The van der Waals surface area contributed by atoms with Crippen LogP contribution >= 0.6 is 11.8 Å². The maximum atomic E-state index is 10.6. The van der Waals surface area contributed by atoms with Crippen molar-refractivity contribution >= 4 is 17.7 Å². The average molecular weight is 287 g/mol. The van der Waals surface area contributed by atoms with Crippen LogP contribution in [-0.2, 0) is 16.1 Å². The van der Waals surface area contributed by atoms with Crippen molar-refractivity contribution in [3.8, 4) is 0 Å². The van der Waals surface area contributed by atoms with Crippen molar-refractivity contribution in [1.82, 2.24) is 14.8 Å². The number of aromatic nitrogens is 3. The van der Waals surface area contributed by atoms with E-state index < -0.39 is 5.97 Å². The Morgan fingerprint density at radius 1 is 1.42 bits per heavy atom. The third-order valence-corrected chi connectivity index (χ3v) is 3.89. The molecule has 108 valence electrons. The number of rotatable bonds is 9. The maximum absolute atomic E-state index is 10.6. The van der Waals surface area contributed by atoms with E-state index in [0.29, 0.717) is 24.2 Å². The second kappa shape index (κ2) is 8.16. The Balaban J connectivity index is 2.93. The molecule has 1 aromatic rings. The van der Waals surface area contributed by atoms with Gasteiger partial charge in [0.1, 0.15) is 5.82 Å².